The Hall–Kier alpha value is -1.35. The number of amides is 1. The molecule has 0 aromatic heterocycles. The summed E-state index contributed by atoms with van der Waals surface area (Å²) in [6, 6.07) is 8.37. The lowest BCUT2D eigenvalue weighted by molar-refractivity contribution is -0.132. The molecule has 3 heteroatoms. The van der Waals surface area contributed by atoms with Crippen molar-refractivity contribution in [2.45, 2.75) is 45.6 Å². The van der Waals surface area contributed by atoms with Gasteiger partial charge >= 0.3 is 0 Å². The molecule has 0 saturated carbocycles. The summed E-state index contributed by atoms with van der Waals surface area (Å²) in [7, 11) is 0. The smallest absolute Gasteiger partial charge is 0.231 e. The van der Waals surface area contributed by atoms with E-state index in [2.05, 4.69) is 48.3 Å². The predicted octanol–water partition coefficient (Wildman–Crippen LogP) is 2.91. The first kappa shape index (κ1) is 14.6. The second-order valence-electron chi connectivity index (χ2n) is 7.23. The van der Waals surface area contributed by atoms with E-state index >= 15 is 0 Å². The molecule has 1 fully saturated rings. The summed E-state index contributed by atoms with van der Waals surface area (Å²) < 4.78 is 0. The summed E-state index contributed by atoms with van der Waals surface area (Å²) in [6.45, 7) is 8.12. The van der Waals surface area contributed by atoms with Crippen LogP contribution < -0.4 is 5.32 Å². The van der Waals surface area contributed by atoms with Crippen LogP contribution in [-0.4, -0.2) is 30.4 Å². The van der Waals surface area contributed by atoms with E-state index in [0.29, 0.717) is 11.3 Å². The molecule has 2 aliphatic rings. The van der Waals surface area contributed by atoms with Gasteiger partial charge in [0.25, 0.3) is 0 Å². The molecule has 2 heterocycles. The number of fused-ring (bicyclic) bond motifs is 1. The molecule has 1 saturated heterocycles. The third kappa shape index (κ3) is 3.13. The fourth-order valence-corrected chi connectivity index (χ4v) is 3.58. The maximum Gasteiger partial charge on any atom is 0.231 e. The first-order valence-electron chi connectivity index (χ1n) is 8.14. The zero-order valence-corrected chi connectivity index (χ0v) is 13.2. The Labute approximate surface area is 127 Å². The largest absolute Gasteiger partial charge is 0.342 e. The van der Waals surface area contributed by atoms with Crippen molar-refractivity contribution in [3.05, 3.63) is 35.4 Å². The molecule has 2 aliphatic heterocycles. The Balaban J connectivity index is 1.77. The first-order chi connectivity index (χ1) is 10.1. The van der Waals surface area contributed by atoms with E-state index in [0.717, 1.165) is 39.0 Å². The Morgan fingerprint density at radius 1 is 1.24 bits per heavy atom. The molecule has 3 rings (SSSR count). The van der Waals surface area contributed by atoms with Gasteiger partial charge in [0.2, 0.25) is 5.91 Å². The van der Waals surface area contributed by atoms with Crippen molar-refractivity contribution in [1.29, 1.82) is 0 Å². The van der Waals surface area contributed by atoms with Crippen molar-refractivity contribution in [3.8, 4) is 0 Å². The zero-order valence-electron chi connectivity index (χ0n) is 13.2. The molecule has 1 aromatic rings. The van der Waals surface area contributed by atoms with Crippen molar-refractivity contribution in [2.75, 3.05) is 19.6 Å². The highest BCUT2D eigenvalue weighted by atomic mass is 16.2. The number of rotatable bonds is 1. The minimum Gasteiger partial charge on any atom is -0.342 e. The highest BCUT2D eigenvalue weighted by Crippen LogP contribution is 2.32. The highest BCUT2D eigenvalue weighted by molar-refractivity contribution is 5.84. The van der Waals surface area contributed by atoms with E-state index in [1.807, 2.05) is 0 Å². The molecule has 0 spiro atoms. The second-order valence-corrected chi connectivity index (χ2v) is 7.23. The molecule has 1 atom stereocenters. The monoisotopic (exact) mass is 286 g/mol. The van der Waals surface area contributed by atoms with Crippen LogP contribution in [0.2, 0.25) is 0 Å². The van der Waals surface area contributed by atoms with E-state index in [1.54, 1.807) is 0 Å². The van der Waals surface area contributed by atoms with Crippen LogP contribution in [0.3, 0.4) is 0 Å². The van der Waals surface area contributed by atoms with Crippen LogP contribution in [0.5, 0.6) is 0 Å². The number of carbonyl (C=O) groups excluding carboxylic acids is 1. The van der Waals surface area contributed by atoms with Crippen LogP contribution in [0, 0.1) is 5.41 Å². The highest BCUT2D eigenvalue weighted by Gasteiger charge is 2.32. The van der Waals surface area contributed by atoms with Gasteiger partial charge in [-0.2, -0.15) is 0 Å². The van der Waals surface area contributed by atoms with Crippen molar-refractivity contribution < 1.29 is 4.79 Å². The molecule has 1 aromatic carbocycles. The van der Waals surface area contributed by atoms with Gasteiger partial charge in [-0.1, -0.05) is 38.1 Å². The van der Waals surface area contributed by atoms with Gasteiger partial charge in [0, 0.05) is 26.2 Å². The fourth-order valence-electron chi connectivity index (χ4n) is 3.58. The van der Waals surface area contributed by atoms with Gasteiger partial charge in [-0.25, -0.2) is 0 Å². The fraction of sp³-hybridized carbons (Fsp3) is 0.611. The minimum absolute atomic E-state index is 0.00355. The van der Waals surface area contributed by atoms with Crippen LogP contribution in [0.25, 0.3) is 0 Å². The van der Waals surface area contributed by atoms with Gasteiger partial charge < -0.3 is 10.2 Å². The first-order valence-corrected chi connectivity index (χ1v) is 8.14. The average molecular weight is 286 g/mol. The average Bonchev–Trinajstić information content (AvgIpc) is 2.67. The van der Waals surface area contributed by atoms with E-state index in [4.69, 9.17) is 0 Å². The van der Waals surface area contributed by atoms with Gasteiger partial charge in [0.05, 0.1) is 5.92 Å². The summed E-state index contributed by atoms with van der Waals surface area (Å²) in [5, 5.41) is 3.40. The number of hydrogen-bond acceptors (Lipinski definition) is 2. The third-order valence-electron chi connectivity index (χ3n) is 5.04. The Morgan fingerprint density at radius 2 is 2.05 bits per heavy atom. The maximum absolute atomic E-state index is 13.0. The normalized spacial score (nSPS) is 25.0. The molecular weight excluding hydrogens is 260 g/mol. The number of nitrogens with one attached hydrogen (secondary N) is 1. The molecule has 114 valence electrons. The number of nitrogens with zero attached hydrogens (tertiary/aromatic N) is 1. The molecule has 3 nitrogen and oxygen atoms in total. The van der Waals surface area contributed by atoms with Crippen molar-refractivity contribution >= 4 is 5.91 Å². The molecule has 1 unspecified atom stereocenters. The quantitative estimate of drug-likeness (QED) is 0.861. The van der Waals surface area contributed by atoms with Crippen LogP contribution >= 0.6 is 0 Å². The Morgan fingerprint density at radius 3 is 2.90 bits per heavy atom. The van der Waals surface area contributed by atoms with E-state index in [-0.39, 0.29) is 5.92 Å². The van der Waals surface area contributed by atoms with E-state index < -0.39 is 0 Å². The van der Waals surface area contributed by atoms with Crippen LogP contribution in [0.1, 0.15) is 50.2 Å². The van der Waals surface area contributed by atoms with Crippen molar-refractivity contribution in [2.24, 2.45) is 5.41 Å². The lowest BCUT2D eigenvalue weighted by Gasteiger charge is -2.31. The van der Waals surface area contributed by atoms with Gasteiger partial charge in [0.1, 0.15) is 0 Å². The number of hydrogen-bond donors (Lipinski definition) is 1. The lowest BCUT2D eigenvalue weighted by Crippen LogP contribution is -2.42. The third-order valence-corrected chi connectivity index (χ3v) is 5.04. The van der Waals surface area contributed by atoms with Crippen molar-refractivity contribution in [1.82, 2.24) is 10.2 Å². The number of benzene rings is 1. The van der Waals surface area contributed by atoms with E-state index in [1.165, 1.54) is 17.5 Å². The second kappa shape index (κ2) is 5.80. The van der Waals surface area contributed by atoms with Crippen LogP contribution in [0.4, 0.5) is 0 Å². The summed E-state index contributed by atoms with van der Waals surface area (Å²) >= 11 is 0. The summed E-state index contributed by atoms with van der Waals surface area (Å²) in [5.41, 5.74) is 2.87. The SMILES string of the molecule is CC1(C)CCCN(C(=O)C2CNCc3ccccc32)CC1. The molecule has 1 N–H and O–H groups in total. The van der Waals surface area contributed by atoms with Crippen LogP contribution in [0.15, 0.2) is 24.3 Å². The standard InChI is InChI=1S/C18H26N2O/c1-18(2)8-5-10-20(11-9-18)17(21)16-13-19-12-14-6-3-4-7-15(14)16/h3-4,6-7,16,19H,5,8-13H2,1-2H3. The summed E-state index contributed by atoms with van der Waals surface area (Å²) in [5.74, 6) is 0.309. The van der Waals surface area contributed by atoms with Gasteiger partial charge in [0.15, 0.2) is 0 Å². The van der Waals surface area contributed by atoms with Gasteiger partial charge in [-0.15, -0.1) is 0 Å². The molecule has 1 amide bonds. The maximum atomic E-state index is 13.0. The van der Waals surface area contributed by atoms with Crippen LogP contribution in [-0.2, 0) is 11.3 Å². The minimum atomic E-state index is -0.00355. The topological polar surface area (TPSA) is 32.3 Å². The van der Waals surface area contributed by atoms with Crippen molar-refractivity contribution in [3.63, 3.8) is 0 Å². The lowest BCUT2D eigenvalue weighted by atomic mass is 9.85. The molecule has 0 radical (unpaired) electrons. The van der Waals surface area contributed by atoms with E-state index in [9.17, 15) is 4.79 Å². The Bertz CT molecular complexity index is 524. The number of carbonyl (C=O) groups is 1. The molecular formula is C18H26N2O. The van der Waals surface area contributed by atoms with Gasteiger partial charge in [-0.3, -0.25) is 4.79 Å². The molecule has 21 heavy (non-hydrogen) atoms. The zero-order chi connectivity index (χ0) is 14.9. The molecule has 0 bridgehead atoms. The summed E-state index contributed by atoms with van der Waals surface area (Å²) in [4.78, 5) is 15.1. The van der Waals surface area contributed by atoms with Gasteiger partial charge in [-0.05, 0) is 35.8 Å². The predicted molar refractivity (Wildman–Crippen MR) is 85.1 cm³/mol. The Kier molecular flexibility index (Phi) is 4.03. The number of likely N-dealkylation sites (tertiary alicyclic amines) is 1. The molecule has 0 aliphatic carbocycles. The summed E-state index contributed by atoms with van der Waals surface area (Å²) in [6.07, 6.45) is 3.46.